The van der Waals surface area contributed by atoms with E-state index in [9.17, 15) is 0 Å². The van der Waals surface area contributed by atoms with Crippen molar-refractivity contribution in [3.8, 4) is 16.8 Å². The minimum atomic E-state index is -0.580. The van der Waals surface area contributed by atoms with Crippen molar-refractivity contribution in [2.24, 2.45) is 0 Å². The molecule has 0 unspecified atom stereocenters. The van der Waals surface area contributed by atoms with Gasteiger partial charge in [-0.25, -0.2) is 0 Å². The third-order valence-electron chi connectivity index (χ3n) is 12.2. The molecule has 0 radical (unpaired) electrons. The van der Waals surface area contributed by atoms with Gasteiger partial charge in [0, 0.05) is 27.6 Å². The maximum Gasteiger partial charge on any atom is 0.0745 e. The summed E-state index contributed by atoms with van der Waals surface area (Å²) in [6.07, 6.45) is 0. The molecule has 0 fully saturated rings. The lowest BCUT2D eigenvalue weighted by molar-refractivity contribution is 0.625. The van der Waals surface area contributed by atoms with Gasteiger partial charge in [-0.2, -0.15) is 0 Å². The molecule has 0 bridgehead atoms. The first-order valence-electron chi connectivity index (χ1n) is 19.0. The van der Waals surface area contributed by atoms with Crippen LogP contribution in [0.2, 0.25) is 0 Å². The van der Waals surface area contributed by atoms with Crippen LogP contribution in [0.5, 0.6) is 0 Å². The first kappa shape index (κ1) is 30.9. The summed E-state index contributed by atoms with van der Waals surface area (Å²) in [5.74, 6) is 0. The van der Waals surface area contributed by atoms with Gasteiger partial charge in [0.2, 0.25) is 0 Å². The fraction of sp³-hybridized carbons (Fsp3) is 0.0769. The van der Waals surface area contributed by atoms with Crippen molar-refractivity contribution < 1.29 is 0 Å². The van der Waals surface area contributed by atoms with E-state index in [2.05, 4.69) is 217 Å². The van der Waals surface area contributed by atoms with Gasteiger partial charge in [0.25, 0.3) is 0 Å². The predicted molar refractivity (Wildman–Crippen MR) is 225 cm³/mol. The first-order chi connectivity index (χ1) is 26.6. The number of fused-ring (bicyclic) bond motifs is 8. The smallest absolute Gasteiger partial charge is 0.0745 e. The number of hydrogen-bond donors (Lipinski definition) is 0. The molecule has 0 saturated heterocycles. The highest BCUT2D eigenvalue weighted by atomic mass is 15.2. The SMILES string of the molecule is CC1(C)c2ccccc2-c2cccc(C3(c4ccccc4)c4ccccc4N(c4ccc5c(c4)c4ccccc4n5-c4ccccc4)c4ccccc43)c21. The van der Waals surface area contributed by atoms with Gasteiger partial charge < -0.3 is 9.47 Å². The molecule has 11 rings (SSSR count). The number of rotatable bonds is 4. The molecule has 0 atom stereocenters. The maximum atomic E-state index is 2.50. The Morgan fingerprint density at radius 3 is 1.69 bits per heavy atom. The standard InChI is InChI=1S/C52H38N2/c1-51(2)42-25-11-9-22-38(42)40-24-17-28-45(50(40)51)52(35-18-5-3-6-19-35)43-26-12-15-30-48(43)54(49-31-16-13-27-44(49)52)37-32-33-47-41(34-37)39-23-10-14-29-46(39)53(47)36-20-7-4-8-21-36/h3-34H,1-2H3. The summed E-state index contributed by atoms with van der Waals surface area (Å²) >= 11 is 0. The molecule has 256 valence electrons. The van der Waals surface area contributed by atoms with E-state index in [1.54, 1.807) is 0 Å². The highest BCUT2D eigenvalue weighted by molar-refractivity contribution is 6.11. The number of aromatic nitrogens is 1. The van der Waals surface area contributed by atoms with Crippen molar-refractivity contribution >= 4 is 38.9 Å². The largest absolute Gasteiger partial charge is 0.310 e. The zero-order chi connectivity index (χ0) is 36.0. The summed E-state index contributed by atoms with van der Waals surface area (Å²) in [5, 5.41) is 2.49. The Hall–Kier alpha value is -6.64. The summed E-state index contributed by atoms with van der Waals surface area (Å²) < 4.78 is 2.39. The van der Waals surface area contributed by atoms with E-state index in [1.807, 2.05) is 0 Å². The predicted octanol–water partition coefficient (Wildman–Crippen LogP) is 13.3. The minimum absolute atomic E-state index is 0.191. The van der Waals surface area contributed by atoms with Gasteiger partial charge >= 0.3 is 0 Å². The Kier molecular flexibility index (Phi) is 6.55. The van der Waals surface area contributed by atoms with Crippen molar-refractivity contribution in [1.29, 1.82) is 0 Å². The minimum Gasteiger partial charge on any atom is -0.310 e. The van der Waals surface area contributed by atoms with Gasteiger partial charge in [0.05, 0.1) is 27.8 Å². The Morgan fingerprint density at radius 1 is 0.389 bits per heavy atom. The molecule has 0 spiro atoms. The number of benzene rings is 8. The molecule has 8 aromatic carbocycles. The number of para-hydroxylation sites is 4. The molecule has 0 amide bonds. The van der Waals surface area contributed by atoms with Crippen LogP contribution in [-0.4, -0.2) is 4.57 Å². The van der Waals surface area contributed by atoms with Crippen LogP contribution in [0.1, 0.15) is 47.2 Å². The molecule has 1 aliphatic carbocycles. The first-order valence-corrected chi connectivity index (χ1v) is 19.0. The molecule has 1 aromatic heterocycles. The Morgan fingerprint density at radius 2 is 0.944 bits per heavy atom. The third-order valence-corrected chi connectivity index (χ3v) is 12.2. The quantitative estimate of drug-likeness (QED) is 0.178. The number of anilines is 3. The summed E-state index contributed by atoms with van der Waals surface area (Å²) in [7, 11) is 0. The fourth-order valence-electron chi connectivity index (χ4n) is 10.1. The lowest BCUT2D eigenvalue weighted by Gasteiger charge is -2.48. The third kappa shape index (κ3) is 4.06. The van der Waals surface area contributed by atoms with E-state index in [0.717, 1.165) is 5.69 Å². The highest BCUT2D eigenvalue weighted by Crippen LogP contribution is 2.61. The molecule has 0 N–H and O–H groups in total. The van der Waals surface area contributed by atoms with Gasteiger partial charge in [-0.1, -0.05) is 159 Å². The topological polar surface area (TPSA) is 8.17 Å². The number of nitrogens with zero attached hydrogens (tertiary/aromatic N) is 2. The van der Waals surface area contributed by atoms with Crippen LogP contribution < -0.4 is 4.90 Å². The van der Waals surface area contributed by atoms with Gasteiger partial charge in [-0.05, 0) is 93.0 Å². The molecular weight excluding hydrogens is 653 g/mol. The monoisotopic (exact) mass is 690 g/mol. The van der Waals surface area contributed by atoms with Gasteiger partial charge in [-0.15, -0.1) is 0 Å². The van der Waals surface area contributed by atoms with E-state index in [0.29, 0.717) is 0 Å². The van der Waals surface area contributed by atoms with Crippen molar-refractivity contribution in [2.45, 2.75) is 24.7 Å². The summed E-state index contributed by atoms with van der Waals surface area (Å²) in [5.41, 5.74) is 17.0. The van der Waals surface area contributed by atoms with E-state index in [4.69, 9.17) is 0 Å². The molecule has 54 heavy (non-hydrogen) atoms. The van der Waals surface area contributed by atoms with Gasteiger partial charge in [-0.3, -0.25) is 0 Å². The summed E-state index contributed by atoms with van der Waals surface area (Å²) in [6, 6.07) is 72.0. The summed E-state index contributed by atoms with van der Waals surface area (Å²) in [4.78, 5) is 2.50. The van der Waals surface area contributed by atoms with Crippen LogP contribution in [-0.2, 0) is 10.8 Å². The van der Waals surface area contributed by atoms with E-state index >= 15 is 0 Å². The molecule has 1 aliphatic heterocycles. The number of hydrogen-bond acceptors (Lipinski definition) is 1. The fourth-order valence-corrected chi connectivity index (χ4v) is 10.1. The molecule has 9 aromatic rings. The summed E-state index contributed by atoms with van der Waals surface area (Å²) in [6.45, 7) is 4.82. The highest BCUT2D eigenvalue weighted by Gasteiger charge is 2.50. The van der Waals surface area contributed by atoms with Crippen molar-refractivity contribution in [3.63, 3.8) is 0 Å². The maximum absolute atomic E-state index is 2.50. The zero-order valence-electron chi connectivity index (χ0n) is 30.4. The molecule has 2 aliphatic rings. The second kappa shape index (κ2) is 11.4. The van der Waals surface area contributed by atoms with Gasteiger partial charge in [0.15, 0.2) is 0 Å². The van der Waals surface area contributed by atoms with Crippen molar-refractivity contribution in [3.05, 3.63) is 228 Å². The van der Waals surface area contributed by atoms with Gasteiger partial charge in [0.1, 0.15) is 0 Å². The van der Waals surface area contributed by atoms with Crippen LogP contribution in [0.15, 0.2) is 194 Å². The Labute approximate surface area is 316 Å². The zero-order valence-corrected chi connectivity index (χ0v) is 30.4. The van der Waals surface area contributed by atoms with Crippen LogP contribution in [0.25, 0.3) is 38.6 Å². The normalized spacial score (nSPS) is 14.7. The average Bonchev–Trinajstić information content (AvgIpc) is 3.69. The lowest BCUT2D eigenvalue weighted by Crippen LogP contribution is -2.39. The average molecular weight is 691 g/mol. The van der Waals surface area contributed by atoms with Crippen LogP contribution in [0.4, 0.5) is 17.1 Å². The van der Waals surface area contributed by atoms with E-state index in [1.165, 1.54) is 83.4 Å². The van der Waals surface area contributed by atoms with Crippen LogP contribution in [0.3, 0.4) is 0 Å². The molecular formula is C52H38N2. The van der Waals surface area contributed by atoms with Crippen molar-refractivity contribution in [2.75, 3.05) is 4.90 Å². The molecule has 0 saturated carbocycles. The van der Waals surface area contributed by atoms with E-state index < -0.39 is 5.41 Å². The Bertz CT molecular complexity index is 2870. The van der Waals surface area contributed by atoms with E-state index in [-0.39, 0.29) is 5.41 Å². The molecule has 2 nitrogen and oxygen atoms in total. The van der Waals surface area contributed by atoms with Crippen LogP contribution >= 0.6 is 0 Å². The second-order valence-corrected chi connectivity index (χ2v) is 15.3. The van der Waals surface area contributed by atoms with Crippen molar-refractivity contribution in [1.82, 2.24) is 4.57 Å². The Balaban J connectivity index is 1.22. The molecule has 2 heteroatoms. The van der Waals surface area contributed by atoms with Crippen LogP contribution in [0, 0.1) is 0 Å². The second-order valence-electron chi connectivity index (χ2n) is 15.3. The molecule has 2 heterocycles. The lowest BCUT2D eigenvalue weighted by atomic mass is 9.59.